The van der Waals surface area contributed by atoms with Crippen molar-refractivity contribution >= 4 is 53.7 Å². The highest BCUT2D eigenvalue weighted by Gasteiger charge is 2.47. The Morgan fingerprint density at radius 2 is 1.45 bits per heavy atom. The molecule has 0 spiro atoms. The smallest absolute Gasteiger partial charge is 0.416 e. The number of nitrogens with one attached hydrogen (secondary N) is 3. The number of benzene rings is 1. The first-order valence-electron chi connectivity index (χ1n) is 23.1. The Bertz CT molecular complexity index is 2730. The lowest BCUT2D eigenvalue weighted by atomic mass is 9.99. The van der Waals surface area contributed by atoms with E-state index in [4.69, 9.17) is 40.3 Å². The van der Waals surface area contributed by atoms with E-state index in [1.54, 1.807) is 24.3 Å². The highest BCUT2D eigenvalue weighted by molar-refractivity contribution is 5.96. The van der Waals surface area contributed by atoms with Crippen molar-refractivity contribution in [1.82, 2.24) is 25.2 Å². The van der Waals surface area contributed by atoms with Crippen molar-refractivity contribution in [2.75, 3.05) is 86.5 Å². The molecule has 71 heavy (non-hydrogen) atoms. The van der Waals surface area contributed by atoms with Crippen LogP contribution < -0.4 is 46.7 Å². The van der Waals surface area contributed by atoms with Gasteiger partial charge < -0.3 is 56.4 Å². The maximum Gasteiger partial charge on any atom is 0.416 e. The van der Waals surface area contributed by atoms with Crippen molar-refractivity contribution in [3.05, 3.63) is 88.0 Å². The van der Waals surface area contributed by atoms with Gasteiger partial charge in [0.15, 0.2) is 36.3 Å². The SMILES string of the molecule is Cc1ncc(F)c2c1CC(N(C)CCC1(CN)CN(c3ccc4c(n3)NC(=O)CO4)C(=O)O1)C2.N#Cc1cccc2c1CC(CNCCC1(CN)CN(c3ccc4c(n3)NC(=O)CO4)C(=O)O1)C2.O=CO. The molecule has 2 saturated heterocycles. The molecule has 0 radical (unpaired) electrons. The zero-order valence-electron chi connectivity index (χ0n) is 39.2. The molecule has 4 unspecified atom stereocenters. The number of fused-ring (bicyclic) bond motifs is 4. The van der Waals surface area contributed by atoms with Crippen LogP contribution in [0.15, 0.2) is 48.7 Å². The lowest BCUT2D eigenvalue weighted by molar-refractivity contribution is -0.123. The van der Waals surface area contributed by atoms with E-state index in [1.165, 1.54) is 21.6 Å². The number of nitriles is 1. The Labute approximate surface area is 407 Å². The number of anilines is 4. The summed E-state index contributed by atoms with van der Waals surface area (Å²) in [6, 6.07) is 15.0. The largest absolute Gasteiger partial charge is 0.483 e. The summed E-state index contributed by atoms with van der Waals surface area (Å²) >= 11 is 0. The third-order valence-electron chi connectivity index (χ3n) is 13.6. The van der Waals surface area contributed by atoms with Gasteiger partial charge >= 0.3 is 12.2 Å². The Morgan fingerprint density at radius 3 is 2.01 bits per heavy atom. The number of pyridine rings is 3. The van der Waals surface area contributed by atoms with Gasteiger partial charge in [0, 0.05) is 44.2 Å². The molecule has 7 heterocycles. The molecular weight excluding hydrogens is 924 g/mol. The van der Waals surface area contributed by atoms with Crippen LogP contribution in [-0.2, 0) is 49.5 Å². The molecule has 2 aliphatic carbocycles. The van der Waals surface area contributed by atoms with Gasteiger partial charge in [-0.05, 0) is 111 Å². The van der Waals surface area contributed by atoms with Crippen LogP contribution >= 0.6 is 0 Å². The van der Waals surface area contributed by atoms with Gasteiger partial charge in [0.25, 0.3) is 18.3 Å². The zero-order chi connectivity index (χ0) is 50.5. The number of nitrogens with zero attached hydrogens (tertiary/aromatic N) is 7. The number of carbonyl (C=O) groups excluding carboxylic acids is 4. The van der Waals surface area contributed by atoms with E-state index < -0.39 is 23.4 Å². The van der Waals surface area contributed by atoms with Crippen LogP contribution in [-0.4, -0.2) is 139 Å². The number of hydrogen-bond donors (Lipinski definition) is 6. The number of carboxylic acid groups (broad SMARTS) is 1. The number of amides is 4. The summed E-state index contributed by atoms with van der Waals surface area (Å²) in [7, 11) is 1.99. The molecule has 6 aliphatic rings. The number of carbonyl (C=O) groups is 5. The number of halogens is 1. The van der Waals surface area contributed by atoms with Gasteiger partial charge in [-0.25, -0.2) is 23.9 Å². The van der Waals surface area contributed by atoms with Crippen LogP contribution in [0.4, 0.5) is 37.3 Å². The minimum atomic E-state index is -0.878. The molecule has 2 fully saturated rings. The predicted octanol–water partition coefficient (Wildman–Crippen LogP) is 2.43. The van der Waals surface area contributed by atoms with Crippen molar-refractivity contribution in [3.63, 3.8) is 0 Å². The van der Waals surface area contributed by atoms with Crippen molar-refractivity contribution in [2.45, 2.75) is 62.7 Å². The van der Waals surface area contributed by atoms with Crippen LogP contribution in [0.5, 0.6) is 11.5 Å². The van der Waals surface area contributed by atoms with Crippen molar-refractivity contribution in [1.29, 1.82) is 5.26 Å². The van der Waals surface area contributed by atoms with Crippen molar-refractivity contribution in [2.24, 2.45) is 17.4 Å². The standard InChI is InChI=1S/C24H26N6O4.C23H27FN6O4.CH2O2/c25-10-17-3-1-2-16-8-15(9-18(16)17)11-27-7-6-24(13-26)14-30(23(32)34-24)20-5-4-19-22(28-20)29-21(31)12-33-19;1-13-15-7-14(8-16(15)17(24)9-26-13)29(2)6-5-23(11-25)12-30(22(32)34-23)19-4-3-18-21(27-19)28-20(31)10-33-18;2-1-3/h1-5,15,27H,6-9,11-14,26H2,(H,28,29,31);3-4,9,14H,5-8,10-12,25H2,1-2H3,(H,27,28,31);1H,(H,2,3). The van der Waals surface area contributed by atoms with Crippen LogP contribution in [0, 0.1) is 30.0 Å². The highest BCUT2D eigenvalue weighted by atomic mass is 19.1. The van der Waals surface area contributed by atoms with Gasteiger partial charge in [-0.1, -0.05) is 12.1 Å². The van der Waals surface area contributed by atoms with E-state index >= 15 is 0 Å². The molecule has 8 N–H and O–H groups in total. The number of hydrogen-bond acceptors (Lipinski definition) is 17. The second-order valence-corrected chi connectivity index (χ2v) is 18.2. The third kappa shape index (κ3) is 10.8. The second kappa shape index (κ2) is 21.2. The molecule has 1 aromatic carbocycles. The monoisotopic (exact) mass is 978 g/mol. The molecule has 4 aliphatic heterocycles. The average molecular weight is 979 g/mol. The maximum absolute atomic E-state index is 14.2. The highest BCUT2D eigenvalue weighted by Crippen LogP contribution is 2.36. The molecule has 0 saturated carbocycles. The summed E-state index contributed by atoms with van der Waals surface area (Å²) in [5.74, 6) is 1.75. The van der Waals surface area contributed by atoms with Gasteiger partial charge in [0.1, 0.15) is 28.7 Å². The quantitative estimate of drug-likeness (QED) is 0.0828. The summed E-state index contributed by atoms with van der Waals surface area (Å²) in [6.45, 7) is 4.42. The van der Waals surface area contributed by atoms with E-state index in [0.717, 1.165) is 53.8 Å². The summed E-state index contributed by atoms with van der Waals surface area (Å²) in [6.07, 6.45) is 4.50. The third-order valence-corrected chi connectivity index (χ3v) is 13.6. The first-order chi connectivity index (χ1) is 34.2. The number of rotatable bonds is 13. The topological polar surface area (TPSA) is 303 Å². The average Bonchev–Trinajstić information content (AvgIpc) is 4.17. The number of ether oxygens (including phenoxy) is 4. The normalized spacial score (nSPS) is 22.4. The Balaban J connectivity index is 0.000000181. The van der Waals surface area contributed by atoms with Gasteiger partial charge in [0.05, 0.1) is 30.9 Å². The number of aromatic nitrogens is 3. The van der Waals surface area contributed by atoms with E-state index in [0.29, 0.717) is 61.4 Å². The minimum absolute atomic E-state index is 0.0600. The molecular formula is C48H55FN12O10. The first kappa shape index (κ1) is 49.9. The maximum atomic E-state index is 14.2. The second-order valence-electron chi connectivity index (χ2n) is 18.2. The van der Waals surface area contributed by atoms with E-state index in [1.807, 2.05) is 26.1 Å². The fourth-order valence-electron chi connectivity index (χ4n) is 9.68. The fraction of sp³-hybridized carbons (Fsp3) is 0.438. The van der Waals surface area contributed by atoms with Crippen LogP contribution in [0.25, 0.3) is 0 Å². The zero-order valence-corrected chi connectivity index (χ0v) is 39.2. The van der Waals surface area contributed by atoms with Gasteiger partial charge in [-0.3, -0.25) is 29.2 Å². The molecule has 23 heteroatoms. The summed E-state index contributed by atoms with van der Waals surface area (Å²) in [4.78, 5) is 74.9. The summed E-state index contributed by atoms with van der Waals surface area (Å²) < 4.78 is 36.4. The Kier molecular flexibility index (Phi) is 14.9. The minimum Gasteiger partial charge on any atom is -0.483 e. The van der Waals surface area contributed by atoms with Gasteiger partial charge in [-0.2, -0.15) is 5.26 Å². The number of aryl methyl sites for hydroxylation is 1. The van der Waals surface area contributed by atoms with Crippen LogP contribution in [0.2, 0.25) is 0 Å². The van der Waals surface area contributed by atoms with E-state index in [2.05, 4.69) is 47.9 Å². The molecule has 4 aromatic rings. The molecule has 374 valence electrons. The number of nitrogens with two attached hydrogens (primary N) is 2. The van der Waals surface area contributed by atoms with Gasteiger partial charge in [0.2, 0.25) is 0 Å². The number of cyclic esters (lactones) is 2. The molecule has 22 nitrogen and oxygen atoms in total. The fourth-order valence-corrected chi connectivity index (χ4v) is 9.68. The summed E-state index contributed by atoms with van der Waals surface area (Å²) in [5, 5.41) is 25.0. The van der Waals surface area contributed by atoms with E-state index in [9.17, 15) is 28.8 Å². The Hall–Kier alpha value is -7.52. The molecule has 0 bridgehead atoms. The van der Waals surface area contributed by atoms with Crippen molar-refractivity contribution in [3.8, 4) is 17.6 Å². The Morgan fingerprint density at radius 1 is 0.873 bits per heavy atom. The molecule has 10 rings (SSSR count). The molecule has 3 aromatic heterocycles. The molecule has 4 amide bonds. The summed E-state index contributed by atoms with van der Waals surface area (Å²) in [5.41, 5.74) is 16.2. The molecule has 4 atom stereocenters. The van der Waals surface area contributed by atoms with E-state index in [-0.39, 0.29) is 81.2 Å². The van der Waals surface area contributed by atoms with Crippen molar-refractivity contribution < 1.29 is 52.4 Å². The lowest BCUT2D eigenvalue weighted by Crippen LogP contribution is -2.46. The van der Waals surface area contributed by atoms with Gasteiger partial charge in [-0.15, -0.1) is 0 Å². The van der Waals surface area contributed by atoms with Crippen LogP contribution in [0.1, 0.15) is 46.4 Å². The lowest BCUT2D eigenvalue weighted by Gasteiger charge is -2.30. The number of likely N-dealkylation sites (N-methyl/N-ethyl adjacent to an activating group) is 1. The first-order valence-corrected chi connectivity index (χ1v) is 23.1. The predicted molar refractivity (Wildman–Crippen MR) is 254 cm³/mol. The van der Waals surface area contributed by atoms with Crippen LogP contribution in [0.3, 0.4) is 0 Å².